The van der Waals surface area contributed by atoms with Crippen LogP contribution in [0.2, 0.25) is 5.02 Å². The minimum absolute atomic E-state index is 0.00605. The van der Waals surface area contributed by atoms with Crippen molar-refractivity contribution in [2.24, 2.45) is 7.05 Å². The first-order valence-electron chi connectivity index (χ1n) is 12.9. The van der Waals surface area contributed by atoms with Crippen molar-refractivity contribution in [2.45, 2.75) is 20.8 Å². The van der Waals surface area contributed by atoms with E-state index in [0.717, 1.165) is 11.3 Å². The molecule has 0 unspecified atom stereocenters. The monoisotopic (exact) mass is 610 g/mol. The Morgan fingerprint density at radius 3 is 2.14 bits per heavy atom. The van der Waals surface area contributed by atoms with E-state index in [1.807, 2.05) is 0 Å². The van der Waals surface area contributed by atoms with Crippen molar-refractivity contribution in [3.05, 3.63) is 85.6 Å². The number of nitrogens with zero attached hydrogens (tertiary/aromatic N) is 1. The van der Waals surface area contributed by atoms with Gasteiger partial charge in [-0.05, 0) is 55.5 Å². The fourth-order valence-corrected chi connectivity index (χ4v) is 5.65. The van der Waals surface area contributed by atoms with Gasteiger partial charge in [-0.3, -0.25) is 9.59 Å². The number of carbonyl (C=O) groups excluding carboxylic acids is 4. The molecule has 2 aromatic carbocycles. The summed E-state index contributed by atoms with van der Waals surface area (Å²) in [5, 5.41) is 4.00. The Morgan fingerprint density at radius 1 is 0.881 bits per heavy atom. The van der Waals surface area contributed by atoms with Crippen LogP contribution in [0.15, 0.2) is 53.3 Å². The Hall–Kier alpha value is -4.48. The largest absolute Gasteiger partial charge is 0.462 e. The van der Waals surface area contributed by atoms with Gasteiger partial charge >= 0.3 is 17.9 Å². The fraction of sp³-hybridized carbons (Fsp3) is 0.233. The number of ether oxygens (including phenoxy) is 3. The Kier molecular flexibility index (Phi) is 9.44. The first kappa shape index (κ1) is 30.5. The smallest absolute Gasteiger partial charge is 0.356 e. The summed E-state index contributed by atoms with van der Waals surface area (Å²) in [6.07, 6.45) is 0. The number of thiophene rings is 1. The molecule has 0 saturated carbocycles. The van der Waals surface area contributed by atoms with Gasteiger partial charge in [-0.2, -0.15) is 0 Å². The molecule has 12 heteroatoms. The van der Waals surface area contributed by atoms with Gasteiger partial charge in [0, 0.05) is 23.0 Å². The maximum atomic E-state index is 13.4. The fourth-order valence-electron chi connectivity index (χ4n) is 4.42. The van der Waals surface area contributed by atoms with Crippen molar-refractivity contribution in [1.29, 1.82) is 0 Å². The molecule has 2 aromatic heterocycles. The average Bonchev–Trinajstić information content (AvgIpc) is 3.29. The van der Waals surface area contributed by atoms with E-state index >= 15 is 0 Å². The number of halogens is 1. The minimum atomic E-state index is -0.916. The number of pyridine rings is 1. The zero-order valence-corrected chi connectivity index (χ0v) is 24.8. The number of amides is 1. The molecule has 4 aromatic rings. The number of hydrogen-bond acceptors (Lipinski definition) is 9. The maximum Gasteiger partial charge on any atom is 0.356 e. The van der Waals surface area contributed by atoms with Crippen LogP contribution in [0, 0.1) is 6.92 Å². The number of hydrogen-bond donors (Lipinski definition) is 1. The number of rotatable bonds is 9. The molecule has 0 aliphatic carbocycles. The van der Waals surface area contributed by atoms with Crippen LogP contribution in [0.4, 0.5) is 5.00 Å². The van der Waals surface area contributed by atoms with Crippen molar-refractivity contribution >= 4 is 62.5 Å². The Morgan fingerprint density at radius 2 is 1.50 bits per heavy atom. The molecule has 10 nitrogen and oxygen atoms in total. The number of carbonyl (C=O) groups is 4. The predicted octanol–water partition coefficient (Wildman–Crippen LogP) is 5.38. The van der Waals surface area contributed by atoms with Crippen molar-refractivity contribution in [1.82, 2.24) is 4.57 Å². The highest BCUT2D eigenvalue weighted by Crippen LogP contribution is 2.35. The lowest BCUT2D eigenvalue weighted by atomic mass is 9.97. The second-order valence-corrected chi connectivity index (χ2v) is 10.4. The SMILES string of the molecule is CCOC(=O)c1sc(NC(=O)COC(=O)c2c(-c3ccc(Cl)cc3)c3ccccc3c(=O)n2C)c(C(=O)OCC)c1C. The van der Waals surface area contributed by atoms with Gasteiger partial charge < -0.3 is 24.1 Å². The molecule has 0 fully saturated rings. The quantitative estimate of drug-likeness (QED) is 0.198. The van der Waals surface area contributed by atoms with Crippen LogP contribution in [0.3, 0.4) is 0 Å². The predicted molar refractivity (Wildman–Crippen MR) is 160 cm³/mol. The van der Waals surface area contributed by atoms with Crippen LogP contribution in [-0.2, 0) is 26.1 Å². The minimum Gasteiger partial charge on any atom is -0.462 e. The van der Waals surface area contributed by atoms with Gasteiger partial charge in [0.05, 0.1) is 18.8 Å². The lowest BCUT2D eigenvalue weighted by Gasteiger charge is -2.17. The van der Waals surface area contributed by atoms with Gasteiger partial charge in [0.25, 0.3) is 11.5 Å². The molecule has 0 aliphatic heterocycles. The number of benzene rings is 2. The van der Waals surface area contributed by atoms with Crippen LogP contribution in [-0.4, -0.2) is 48.2 Å². The molecule has 218 valence electrons. The molecule has 0 spiro atoms. The van der Waals surface area contributed by atoms with Crippen LogP contribution < -0.4 is 10.9 Å². The molecule has 0 saturated heterocycles. The summed E-state index contributed by atoms with van der Waals surface area (Å²) in [5.74, 6) is -3.07. The lowest BCUT2D eigenvalue weighted by molar-refractivity contribution is -0.119. The van der Waals surface area contributed by atoms with Crippen molar-refractivity contribution in [3.63, 3.8) is 0 Å². The van der Waals surface area contributed by atoms with Crippen molar-refractivity contribution < 1.29 is 33.4 Å². The maximum absolute atomic E-state index is 13.4. The summed E-state index contributed by atoms with van der Waals surface area (Å²) in [5.41, 5.74) is 0.876. The Balaban J connectivity index is 1.65. The highest BCUT2D eigenvalue weighted by Gasteiger charge is 2.28. The molecule has 42 heavy (non-hydrogen) atoms. The van der Waals surface area contributed by atoms with Crippen LogP contribution in [0.5, 0.6) is 0 Å². The van der Waals surface area contributed by atoms with Crippen LogP contribution >= 0.6 is 22.9 Å². The van der Waals surface area contributed by atoms with E-state index in [-0.39, 0.29) is 34.3 Å². The highest BCUT2D eigenvalue weighted by molar-refractivity contribution is 7.18. The van der Waals surface area contributed by atoms with Gasteiger partial charge in [0.1, 0.15) is 15.6 Å². The summed E-state index contributed by atoms with van der Waals surface area (Å²) in [6.45, 7) is 4.28. The Labute approximate surface area is 249 Å². The third-order valence-corrected chi connectivity index (χ3v) is 7.74. The van der Waals surface area contributed by atoms with Gasteiger partial charge in [0.15, 0.2) is 6.61 Å². The third-order valence-electron chi connectivity index (χ3n) is 6.30. The van der Waals surface area contributed by atoms with Crippen molar-refractivity contribution in [2.75, 3.05) is 25.1 Å². The van der Waals surface area contributed by atoms with E-state index in [1.54, 1.807) is 69.3 Å². The molecule has 1 N–H and O–H groups in total. The molecule has 0 aliphatic rings. The van der Waals surface area contributed by atoms with E-state index in [2.05, 4.69) is 5.32 Å². The summed E-state index contributed by atoms with van der Waals surface area (Å²) in [6, 6.07) is 13.6. The van der Waals surface area contributed by atoms with E-state index in [9.17, 15) is 24.0 Å². The van der Waals surface area contributed by atoms with E-state index < -0.39 is 36.0 Å². The number of anilines is 1. The standard InChI is InChI=1S/C30H27ClN2O8S/c1-5-39-28(36)22-16(3)25(30(38)40-6-2)42-26(22)32-21(34)15-41-29(37)24-23(17-11-13-18(31)14-12-17)19-9-7-8-10-20(19)27(35)33(24)4/h7-14H,5-6,15H2,1-4H3,(H,32,34). The molecular formula is C30H27ClN2O8S. The Bertz CT molecular complexity index is 1760. The molecule has 0 radical (unpaired) electrons. The van der Waals surface area contributed by atoms with Crippen LogP contribution in [0.25, 0.3) is 21.9 Å². The molecule has 0 bridgehead atoms. The highest BCUT2D eigenvalue weighted by atomic mass is 35.5. The van der Waals surface area contributed by atoms with E-state index in [4.69, 9.17) is 25.8 Å². The number of nitrogens with one attached hydrogen (secondary N) is 1. The zero-order chi connectivity index (χ0) is 30.6. The molecule has 0 atom stereocenters. The third kappa shape index (κ3) is 6.07. The number of fused-ring (bicyclic) bond motifs is 1. The summed E-state index contributed by atoms with van der Waals surface area (Å²) >= 11 is 6.92. The summed E-state index contributed by atoms with van der Waals surface area (Å²) < 4.78 is 16.7. The summed E-state index contributed by atoms with van der Waals surface area (Å²) in [4.78, 5) is 64.7. The normalized spacial score (nSPS) is 10.8. The average molecular weight is 611 g/mol. The number of esters is 3. The first-order valence-corrected chi connectivity index (χ1v) is 14.1. The molecule has 2 heterocycles. The zero-order valence-electron chi connectivity index (χ0n) is 23.2. The van der Waals surface area contributed by atoms with Gasteiger partial charge in [-0.25, -0.2) is 14.4 Å². The topological polar surface area (TPSA) is 130 Å². The second kappa shape index (κ2) is 13.0. The van der Waals surface area contributed by atoms with E-state index in [1.165, 1.54) is 11.6 Å². The first-order chi connectivity index (χ1) is 20.1. The van der Waals surface area contributed by atoms with Crippen LogP contribution in [0.1, 0.15) is 49.9 Å². The lowest BCUT2D eigenvalue weighted by Crippen LogP contribution is -2.28. The summed E-state index contributed by atoms with van der Waals surface area (Å²) in [7, 11) is 1.45. The van der Waals surface area contributed by atoms with Gasteiger partial charge in [0.2, 0.25) is 0 Å². The van der Waals surface area contributed by atoms with Crippen molar-refractivity contribution in [3.8, 4) is 11.1 Å². The molecular weight excluding hydrogens is 584 g/mol. The molecule has 1 amide bonds. The molecule has 4 rings (SSSR count). The van der Waals surface area contributed by atoms with Gasteiger partial charge in [-0.1, -0.05) is 41.9 Å². The van der Waals surface area contributed by atoms with Gasteiger partial charge in [-0.15, -0.1) is 11.3 Å². The van der Waals surface area contributed by atoms with E-state index in [0.29, 0.717) is 32.5 Å². The second-order valence-electron chi connectivity index (χ2n) is 8.97. The number of aromatic nitrogens is 1.